The van der Waals surface area contributed by atoms with Gasteiger partial charge in [0.25, 0.3) is 5.24 Å². The van der Waals surface area contributed by atoms with Gasteiger partial charge in [-0.2, -0.15) is 0 Å². The van der Waals surface area contributed by atoms with Crippen LogP contribution in [0, 0.1) is 20.8 Å². The topological polar surface area (TPSA) is 34.1 Å². The monoisotopic (exact) mass is 383 g/mol. The smallest absolute Gasteiger partial charge is 0.276 e. The lowest BCUT2D eigenvalue weighted by atomic mass is 10.0. The first-order chi connectivity index (χ1) is 12.4. The second-order valence-electron chi connectivity index (χ2n) is 6.01. The Hall–Kier alpha value is -2.28. The Labute approximate surface area is 160 Å². The fourth-order valence-corrected chi connectivity index (χ4v) is 4.25. The Morgan fingerprint density at radius 1 is 0.769 bits per heavy atom. The van der Waals surface area contributed by atoms with Crippen LogP contribution >= 0.6 is 19.4 Å². The summed E-state index contributed by atoms with van der Waals surface area (Å²) in [5.74, 6) is 0. The second-order valence-corrected chi connectivity index (χ2v) is 7.98. The van der Waals surface area contributed by atoms with Crippen LogP contribution in [0.2, 0.25) is 0 Å². The maximum Gasteiger partial charge on any atom is 0.415 e. The van der Waals surface area contributed by atoms with Gasteiger partial charge in [0.2, 0.25) is 0 Å². The summed E-state index contributed by atoms with van der Waals surface area (Å²) in [6.07, 6.45) is 0. The van der Waals surface area contributed by atoms with Crippen molar-refractivity contribution in [2.24, 2.45) is 0 Å². The minimum Gasteiger partial charge on any atom is -0.276 e. The third-order valence-corrected chi connectivity index (χ3v) is 5.58. The number of hydrogen-bond donors (Lipinski definition) is 0. The Kier molecular flexibility index (Phi) is 7.26. The standard InChI is InChI=1S/C12H10OP.C10H11ClO/c13-14(11-7-3-1-4-8-11)12-9-5-2-6-10-12;1-6-4-7(2)9(10(11)12)8(3)5-6/h1-10H;4-5H,1-3H3/q+1;. The lowest BCUT2D eigenvalue weighted by molar-refractivity contribution is 0.108. The van der Waals surface area contributed by atoms with Crippen LogP contribution < -0.4 is 10.6 Å². The predicted molar refractivity (Wildman–Crippen MR) is 111 cm³/mol. The number of aryl methyl sites for hydroxylation is 3. The van der Waals surface area contributed by atoms with Crippen molar-refractivity contribution in [3.8, 4) is 0 Å². The van der Waals surface area contributed by atoms with E-state index in [0.29, 0.717) is 5.56 Å². The summed E-state index contributed by atoms with van der Waals surface area (Å²) in [5, 5.41) is 1.40. The van der Waals surface area contributed by atoms with Gasteiger partial charge in [-0.15, -0.1) is 0 Å². The molecule has 0 spiro atoms. The molecule has 0 atom stereocenters. The van der Waals surface area contributed by atoms with Crippen LogP contribution in [0.5, 0.6) is 0 Å². The van der Waals surface area contributed by atoms with Gasteiger partial charge in [-0.1, -0.05) is 58.7 Å². The van der Waals surface area contributed by atoms with Gasteiger partial charge in [0, 0.05) is 5.56 Å². The molecule has 0 fully saturated rings. The zero-order valence-corrected chi connectivity index (χ0v) is 16.7. The van der Waals surface area contributed by atoms with Crippen LogP contribution in [0.15, 0.2) is 72.8 Å². The Balaban J connectivity index is 0.000000190. The van der Waals surface area contributed by atoms with E-state index < -0.39 is 7.80 Å². The third-order valence-electron chi connectivity index (χ3n) is 3.85. The number of rotatable bonds is 3. The van der Waals surface area contributed by atoms with E-state index in [2.05, 4.69) is 0 Å². The van der Waals surface area contributed by atoms with Crippen molar-refractivity contribution in [3.63, 3.8) is 0 Å². The first kappa shape index (κ1) is 20.0. The average molecular weight is 384 g/mol. The fraction of sp³-hybridized carbons (Fsp3) is 0.136. The van der Waals surface area contributed by atoms with Gasteiger partial charge in [0.1, 0.15) is 0 Å². The van der Waals surface area contributed by atoms with Crippen LogP contribution in [0.3, 0.4) is 0 Å². The Morgan fingerprint density at radius 2 is 1.15 bits per heavy atom. The first-order valence-corrected chi connectivity index (χ1v) is 9.89. The summed E-state index contributed by atoms with van der Waals surface area (Å²) in [4.78, 5) is 11.0. The summed E-state index contributed by atoms with van der Waals surface area (Å²) in [6, 6.07) is 23.0. The van der Waals surface area contributed by atoms with Gasteiger partial charge in [-0.05, 0) is 67.8 Å². The van der Waals surface area contributed by atoms with E-state index in [1.54, 1.807) is 0 Å². The summed E-state index contributed by atoms with van der Waals surface area (Å²) in [5.41, 5.74) is 3.70. The number of carbonyl (C=O) groups excluding carboxylic acids is 1. The van der Waals surface area contributed by atoms with Gasteiger partial charge in [0.15, 0.2) is 10.6 Å². The molecular formula is C22H21ClO2P+. The molecule has 132 valence electrons. The quantitative estimate of drug-likeness (QED) is 0.445. The van der Waals surface area contributed by atoms with Crippen molar-refractivity contribution < 1.29 is 9.36 Å². The molecular weight excluding hydrogens is 363 g/mol. The predicted octanol–water partition coefficient (Wildman–Crippen LogP) is 5.46. The number of benzene rings is 3. The third kappa shape index (κ3) is 5.36. The van der Waals surface area contributed by atoms with Crippen molar-refractivity contribution in [2.45, 2.75) is 20.8 Å². The molecule has 4 heteroatoms. The van der Waals surface area contributed by atoms with Crippen LogP contribution in [0.1, 0.15) is 27.0 Å². The fourth-order valence-electron chi connectivity index (χ4n) is 2.77. The van der Waals surface area contributed by atoms with Crippen LogP contribution in [-0.2, 0) is 4.57 Å². The van der Waals surface area contributed by atoms with Crippen LogP contribution in [-0.4, -0.2) is 5.24 Å². The summed E-state index contributed by atoms with van der Waals surface area (Å²) >= 11 is 5.43. The number of hydrogen-bond acceptors (Lipinski definition) is 2. The molecule has 0 heterocycles. The molecule has 0 unspecified atom stereocenters. The number of halogens is 1. The highest BCUT2D eigenvalue weighted by Gasteiger charge is 2.21. The molecule has 0 radical (unpaired) electrons. The van der Waals surface area contributed by atoms with Crippen molar-refractivity contribution >= 4 is 35.3 Å². The normalized spacial score (nSPS) is 9.85. The van der Waals surface area contributed by atoms with E-state index in [-0.39, 0.29) is 5.24 Å². The van der Waals surface area contributed by atoms with Crippen molar-refractivity contribution in [2.75, 3.05) is 0 Å². The first-order valence-electron chi connectivity index (χ1n) is 8.25. The molecule has 0 bridgehead atoms. The molecule has 0 aliphatic rings. The van der Waals surface area contributed by atoms with Gasteiger partial charge in [-0.25, -0.2) is 0 Å². The second kappa shape index (κ2) is 9.43. The highest BCUT2D eigenvalue weighted by atomic mass is 35.5. The molecule has 3 rings (SSSR count). The van der Waals surface area contributed by atoms with Gasteiger partial charge in [0.05, 0.1) is 0 Å². The molecule has 0 saturated carbocycles. The van der Waals surface area contributed by atoms with Crippen molar-refractivity contribution in [1.82, 2.24) is 0 Å². The zero-order valence-electron chi connectivity index (χ0n) is 15.1. The summed E-state index contributed by atoms with van der Waals surface area (Å²) in [7, 11) is -1.42. The van der Waals surface area contributed by atoms with Crippen molar-refractivity contribution in [1.29, 1.82) is 0 Å². The van der Waals surface area contributed by atoms with Gasteiger partial charge in [-0.3, -0.25) is 4.79 Å². The highest BCUT2D eigenvalue weighted by Crippen LogP contribution is 2.18. The zero-order chi connectivity index (χ0) is 19.1. The van der Waals surface area contributed by atoms with Crippen LogP contribution in [0.25, 0.3) is 0 Å². The van der Waals surface area contributed by atoms with Gasteiger partial charge < -0.3 is 0 Å². The van der Waals surface area contributed by atoms with E-state index >= 15 is 0 Å². The SMILES string of the molecule is Cc1cc(C)c(C(=O)Cl)c(C)c1.O=[P+](c1ccccc1)c1ccccc1. The molecule has 0 aliphatic heterocycles. The molecule has 3 aromatic rings. The molecule has 3 aromatic carbocycles. The molecule has 0 aliphatic carbocycles. The van der Waals surface area contributed by atoms with Gasteiger partial charge >= 0.3 is 7.80 Å². The minimum atomic E-state index is -1.42. The van der Waals surface area contributed by atoms with E-state index in [0.717, 1.165) is 27.3 Å². The maximum absolute atomic E-state index is 12.0. The Morgan fingerprint density at radius 3 is 1.50 bits per heavy atom. The molecule has 26 heavy (non-hydrogen) atoms. The summed E-state index contributed by atoms with van der Waals surface area (Å²) < 4.78 is 12.0. The van der Waals surface area contributed by atoms with Crippen LogP contribution in [0.4, 0.5) is 0 Å². The van der Waals surface area contributed by atoms with E-state index in [9.17, 15) is 9.36 Å². The summed E-state index contributed by atoms with van der Waals surface area (Å²) in [6.45, 7) is 5.80. The van der Waals surface area contributed by atoms with Crippen molar-refractivity contribution in [3.05, 3.63) is 95.1 Å². The largest absolute Gasteiger partial charge is 0.415 e. The molecule has 0 aromatic heterocycles. The average Bonchev–Trinajstić information content (AvgIpc) is 2.62. The van der Waals surface area contributed by atoms with E-state index in [4.69, 9.17) is 11.6 Å². The highest BCUT2D eigenvalue weighted by molar-refractivity contribution is 7.61. The minimum absolute atomic E-state index is 0.370. The van der Waals surface area contributed by atoms with E-state index in [1.807, 2.05) is 93.6 Å². The molecule has 0 amide bonds. The molecule has 0 saturated heterocycles. The molecule has 2 nitrogen and oxygen atoms in total. The maximum atomic E-state index is 12.0. The lowest BCUT2D eigenvalue weighted by Crippen LogP contribution is -2.04. The number of carbonyl (C=O) groups is 1. The lowest BCUT2D eigenvalue weighted by Gasteiger charge is -2.05. The van der Waals surface area contributed by atoms with E-state index in [1.165, 1.54) is 0 Å². The molecule has 0 N–H and O–H groups in total. The Bertz CT molecular complexity index is 841.